The summed E-state index contributed by atoms with van der Waals surface area (Å²) < 4.78 is 1.18. The van der Waals surface area contributed by atoms with E-state index in [2.05, 4.69) is 75.7 Å². The normalized spacial score (nSPS) is 10.8. The molecular weight excluding hydrogens is 332 g/mol. The summed E-state index contributed by atoms with van der Waals surface area (Å²) in [7, 11) is 0. The fourth-order valence-corrected chi connectivity index (χ4v) is 3.59. The summed E-state index contributed by atoms with van der Waals surface area (Å²) in [4.78, 5) is 3.78. The second-order valence-corrected chi connectivity index (χ2v) is 6.74. The summed E-state index contributed by atoms with van der Waals surface area (Å²) in [5.41, 5.74) is 2.63. The van der Waals surface area contributed by atoms with Gasteiger partial charge in [0.25, 0.3) is 0 Å². The molecule has 0 radical (unpaired) electrons. The van der Waals surface area contributed by atoms with Crippen LogP contribution in [0.4, 0.5) is 5.69 Å². The third kappa shape index (κ3) is 4.62. The van der Waals surface area contributed by atoms with Crippen molar-refractivity contribution >= 4 is 33.0 Å². The highest BCUT2D eigenvalue weighted by Crippen LogP contribution is 2.19. The van der Waals surface area contributed by atoms with E-state index < -0.39 is 0 Å². The lowest BCUT2D eigenvalue weighted by Crippen LogP contribution is -2.31. The average Bonchev–Trinajstić information content (AvgIpc) is 2.84. The second kappa shape index (κ2) is 7.81. The quantitative estimate of drug-likeness (QED) is 0.741. The maximum atomic E-state index is 3.51. The molecule has 1 heterocycles. The maximum absolute atomic E-state index is 3.51. The van der Waals surface area contributed by atoms with Crippen LogP contribution < -0.4 is 10.2 Å². The molecule has 0 atom stereocenters. The van der Waals surface area contributed by atoms with Crippen LogP contribution in [0.5, 0.6) is 0 Å². The Morgan fingerprint density at radius 2 is 2.15 bits per heavy atom. The van der Waals surface area contributed by atoms with Gasteiger partial charge in [0.05, 0.1) is 0 Å². The van der Waals surface area contributed by atoms with Crippen molar-refractivity contribution in [3.8, 4) is 0 Å². The SMILES string of the molecule is CCN(CCNCc1cc(Br)cs1)c1cccc(C)c1. The number of nitrogens with zero attached hydrogens (tertiary/aromatic N) is 1. The summed E-state index contributed by atoms with van der Waals surface area (Å²) >= 11 is 5.28. The Labute approximate surface area is 133 Å². The molecule has 1 aromatic carbocycles. The predicted octanol–water partition coefficient (Wildman–Crippen LogP) is 4.44. The zero-order chi connectivity index (χ0) is 14.4. The molecule has 20 heavy (non-hydrogen) atoms. The van der Waals surface area contributed by atoms with Crippen LogP contribution in [0.1, 0.15) is 17.4 Å². The minimum atomic E-state index is 0.946. The van der Waals surface area contributed by atoms with Gasteiger partial charge >= 0.3 is 0 Å². The standard InChI is InChI=1S/C16H21BrN2S/c1-3-19(15-6-4-5-13(2)9-15)8-7-18-11-16-10-14(17)12-20-16/h4-6,9-10,12,18H,3,7-8,11H2,1-2H3. The van der Waals surface area contributed by atoms with Crippen LogP contribution in [0.25, 0.3) is 0 Å². The van der Waals surface area contributed by atoms with Gasteiger partial charge in [0.15, 0.2) is 0 Å². The van der Waals surface area contributed by atoms with Crippen LogP contribution in [0.3, 0.4) is 0 Å². The first kappa shape index (κ1) is 15.5. The minimum Gasteiger partial charge on any atom is -0.371 e. The van der Waals surface area contributed by atoms with E-state index >= 15 is 0 Å². The summed E-state index contributed by atoms with van der Waals surface area (Å²) in [6, 6.07) is 10.9. The smallest absolute Gasteiger partial charge is 0.0369 e. The number of benzene rings is 1. The Morgan fingerprint density at radius 1 is 1.30 bits per heavy atom. The van der Waals surface area contributed by atoms with Crippen molar-refractivity contribution in [2.24, 2.45) is 0 Å². The van der Waals surface area contributed by atoms with E-state index in [1.165, 1.54) is 20.6 Å². The Balaban J connectivity index is 1.79. The van der Waals surface area contributed by atoms with E-state index in [-0.39, 0.29) is 0 Å². The number of thiophene rings is 1. The van der Waals surface area contributed by atoms with Crippen molar-refractivity contribution in [1.29, 1.82) is 0 Å². The molecule has 0 amide bonds. The van der Waals surface area contributed by atoms with Crippen LogP contribution in [-0.2, 0) is 6.54 Å². The molecule has 108 valence electrons. The lowest BCUT2D eigenvalue weighted by Gasteiger charge is -2.23. The van der Waals surface area contributed by atoms with Gasteiger partial charge in [-0.3, -0.25) is 0 Å². The zero-order valence-electron chi connectivity index (χ0n) is 12.0. The molecule has 0 saturated carbocycles. The number of hydrogen-bond acceptors (Lipinski definition) is 3. The van der Waals surface area contributed by atoms with E-state index in [0.717, 1.165) is 26.2 Å². The van der Waals surface area contributed by atoms with Crippen molar-refractivity contribution in [2.45, 2.75) is 20.4 Å². The summed E-state index contributed by atoms with van der Waals surface area (Å²) in [5, 5.41) is 5.64. The molecule has 0 saturated heterocycles. The largest absolute Gasteiger partial charge is 0.371 e. The van der Waals surface area contributed by atoms with E-state index in [1.807, 2.05) is 0 Å². The zero-order valence-corrected chi connectivity index (χ0v) is 14.4. The molecular formula is C16H21BrN2S. The summed E-state index contributed by atoms with van der Waals surface area (Å²) in [5.74, 6) is 0. The van der Waals surface area contributed by atoms with Gasteiger partial charge in [-0.1, -0.05) is 12.1 Å². The summed E-state index contributed by atoms with van der Waals surface area (Å²) in [6.07, 6.45) is 0. The molecule has 2 rings (SSSR count). The van der Waals surface area contributed by atoms with Crippen LogP contribution in [-0.4, -0.2) is 19.6 Å². The monoisotopic (exact) mass is 352 g/mol. The number of hydrogen-bond donors (Lipinski definition) is 1. The van der Waals surface area contributed by atoms with Crippen LogP contribution >= 0.6 is 27.3 Å². The lowest BCUT2D eigenvalue weighted by atomic mass is 10.2. The van der Waals surface area contributed by atoms with Crippen molar-refractivity contribution in [3.63, 3.8) is 0 Å². The van der Waals surface area contributed by atoms with E-state index in [1.54, 1.807) is 11.3 Å². The first-order chi connectivity index (χ1) is 9.69. The van der Waals surface area contributed by atoms with Gasteiger partial charge in [0.1, 0.15) is 0 Å². The Kier molecular flexibility index (Phi) is 6.07. The fourth-order valence-electron chi connectivity index (χ4n) is 2.17. The molecule has 0 fully saturated rings. The molecule has 0 aliphatic rings. The van der Waals surface area contributed by atoms with Gasteiger partial charge in [-0.05, 0) is 53.5 Å². The van der Waals surface area contributed by atoms with Crippen molar-refractivity contribution < 1.29 is 0 Å². The Hall–Kier alpha value is -0.840. The molecule has 0 bridgehead atoms. The van der Waals surface area contributed by atoms with Crippen LogP contribution in [0.15, 0.2) is 40.2 Å². The van der Waals surface area contributed by atoms with Crippen LogP contribution in [0, 0.1) is 6.92 Å². The molecule has 0 spiro atoms. The van der Waals surface area contributed by atoms with Gasteiger partial charge in [0.2, 0.25) is 0 Å². The number of anilines is 1. The predicted molar refractivity (Wildman–Crippen MR) is 92.8 cm³/mol. The number of nitrogens with one attached hydrogen (secondary N) is 1. The number of aryl methyl sites for hydroxylation is 1. The molecule has 0 aliphatic carbocycles. The third-order valence-corrected chi connectivity index (χ3v) is 4.93. The van der Waals surface area contributed by atoms with Gasteiger partial charge in [-0.2, -0.15) is 0 Å². The first-order valence-electron chi connectivity index (χ1n) is 6.94. The minimum absolute atomic E-state index is 0.946. The fraction of sp³-hybridized carbons (Fsp3) is 0.375. The number of halogens is 1. The van der Waals surface area contributed by atoms with Gasteiger partial charge in [0, 0.05) is 46.6 Å². The van der Waals surface area contributed by atoms with E-state index in [9.17, 15) is 0 Å². The van der Waals surface area contributed by atoms with Crippen LogP contribution in [0.2, 0.25) is 0 Å². The van der Waals surface area contributed by atoms with Crippen molar-refractivity contribution in [3.05, 3.63) is 50.6 Å². The van der Waals surface area contributed by atoms with E-state index in [0.29, 0.717) is 0 Å². The van der Waals surface area contributed by atoms with E-state index in [4.69, 9.17) is 0 Å². The Morgan fingerprint density at radius 3 is 2.80 bits per heavy atom. The second-order valence-electron chi connectivity index (χ2n) is 4.83. The molecule has 2 aromatic rings. The highest BCUT2D eigenvalue weighted by molar-refractivity contribution is 9.10. The van der Waals surface area contributed by atoms with Crippen molar-refractivity contribution in [1.82, 2.24) is 5.32 Å². The Bertz CT molecular complexity index is 539. The molecule has 1 aromatic heterocycles. The number of likely N-dealkylation sites (N-methyl/N-ethyl adjacent to an activating group) is 1. The molecule has 2 nitrogen and oxygen atoms in total. The van der Waals surface area contributed by atoms with Crippen molar-refractivity contribution in [2.75, 3.05) is 24.5 Å². The highest BCUT2D eigenvalue weighted by Gasteiger charge is 2.04. The lowest BCUT2D eigenvalue weighted by molar-refractivity contribution is 0.670. The average molecular weight is 353 g/mol. The number of rotatable bonds is 7. The molecule has 0 unspecified atom stereocenters. The van der Waals surface area contributed by atoms with Gasteiger partial charge < -0.3 is 10.2 Å². The topological polar surface area (TPSA) is 15.3 Å². The molecule has 0 aliphatic heterocycles. The first-order valence-corrected chi connectivity index (χ1v) is 8.61. The molecule has 4 heteroatoms. The van der Waals surface area contributed by atoms with Gasteiger partial charge in [-0.15, -0.1) is 11.3 Å². The highest BCUT2D eigenvalue weighted by atomic mass is 79.9. The third-order valence-electron chi connectivity index (χ3n) is 3.23. The molecule has 1 N–H and O–H groups in total. The maximum Gasteiger partial charge on any atom is 0.0369 e. The van der Waals surface area contributed by atoms with Gasteiger partial charge in [-0.25, -0.2) is 0 Å². The summed E-state index contributed by atoms with van der Waals surface area (Å²) in [6.45, 7) is 8.37.